The number of nitrogens with zero attached hydrogens (tertiary/aromatic N) is 2. The van der Waals surface area contributed by atoms with Gasteiger partial charge < -0.3 is 14.5 Å². The van der Waals surface area contributed by atoms with Crippen molar-refractivity contribution in [1.82, 2.24) is 4.90 Å². The first-order valence-electron chi connectivity index (χ1n) is 8.82. The minimum absolute atomic E-state index is 0.104. The molecule has 0 aromatic heterocycles. The van der Waals surface area contributed by atoms with Gasteiger partial charge in [0.1, 0.15) is 5.75 Å². The van der Waals surface area contributed by atoms with Crippen molar-refractivity contribution in [2.24, 2.45) is 5.92 Å². The van der Waals surface area contributed by atoms with E-state index in [2.05, 4.69) is 0 Å². The van der Waals surface area contributed by atoms with Crippen molar-refractivity contribution < 1.29 is 14.3 Å². The maximum absolute atomic E-state index is 13.0. The van der Waals surface area contributed by atoms with E-state index >= 15 is 0 Å². The summed E-state index contributed by atoms with van der Waals surface area (Å²) in [4.78, 5) is 29.5. The second-order valence-corrected chi connectivity index (χ2v) is 7.32. The molecule has 3 aliphatic rings. The summed E-state index contributed by atoms with van der Waals surface area (Å²) < 4.78 is 5.36. The lowest BCUT2D eigenvalue weighted by Gasteiger charge is -2.25. The average molecular weight is 328 g/mol. The molecule has 2 amide bonds. The van der Waals surface area contributed by atoms with Crippen LogP contribution in [0.25, 0.3) is 0 Å². The highest BCUT2D eigenvalue weighted by Gasteiger charge is 2.54. The van der Waals surface area contributed by atoms with Crippen molar-refractivity contribution in [3.8, 4) is 5.75 Å². The molecule has 24 heavy (non-hydrogen) atoms. The van der Waals surface area contributed by atoms with Crippen molar-refractivity contribution in [3.05, 3.63) is 23.8 Å². The average Bonchev–Trinajstić information content (AvgIpc) is 3.32. The van der Waals surface area contributed by atoms with Crippen LogP contribution in [0.1, 0.15) is 37.7 Å². The molecular formula is C19H24N2O3. The number of carbonyl (C=O) groups is 2. The Bertz CT molecular complexity index is 696. The van der Waals surface area contributed by atoms with Gasteiger partial charge in [-0.2, -0.15) is 0 Å². The molecule has 128 valence electrons. The number of ether oxygens (including phenoxy) is 1. The Morgan fingerprint density at radius 3 is 2.75 bits per heavy atom. The fraction of sp³-hybridized carbons (Fsp3) is 0.579. The fourth-order valence-corrected chi connectivity index (χ4v) is 4.69. The van der Waals surface area contributed by atoms with Gasteiger partial charge in [0.05, 0.1) is 12.5 Å². The first-order chi connectivity index (χ1) is 11.6. The zero-order chi connectivity index (χ0) is 16.9. The lowest BCUT2D eigenvalue weighted by atomic mass is 9.81. The van der Waals surface area contributed by atoms with E-state index in [-0.39, 0.29) is 17.7 Å². The van der Waals surface area contributed by atoms with Crippen LogP contribution in [0.2, 0.25) is 0 Å². The molecule has 1 spiro atoms. The minimum atomic E-state index is -0.590. The Morgan fingerprint density at radius 2 is 2.04 bits per heavy atom. The maximum atomic E-state index is 13.0. The lowest BCUT2D eigenvalue weighted by molar-refractivity contribution is -0.134. The second kappa shape index (κ2) is 5.50. The molecule has 1 aromatic rings. The van der Waals surface area contributed by atoms with Crippen LogP contribution in [0.3, 0.4) is 0 Å². The lowest BCUT2D eigenvalue weighted by Crippen LogP contribution is -2.43. The molecule has 2 heterocycles. The van der Waals surface area contributed by atoms with Crippen LogP contribution >= 0.6 is 0 Å². The molecule has 1 aromatic carbocycles. The van der Waals surface area contributed by atoms with Crippen LogP contribution < -0.4 is 9.64 Å². The monoisotopic (exact) mass is 328 g/mol. The van der Waals surface area contributed by atoms with E-state index in [1.807, 2.05) is 30.1 Å². The molecule has 2 fully saturated rings. The van der Waals surface area contributed by atoms with Gasteiger partial charge in [-0.1, -0.05) is 12.8 Å². The van der Waals surface area contributed by atoms with Gasteiger partial charge in [0.25, 0.3) is 0 Å². The van der Waals surface area contributed by atoms with Crippen LogP contribution in [0.4, 0.5) is 5.69 Å². The van der Waals surface area contributed by atoms with Gasteiger partial charge in [-0.3, -0.25) is 9.59 Å². The van der Waals surface area contributed by atoms with Crippen molar-refractivity contribution in [1.29, 1.82) is 0 Å². The third kappa shape index (κ3) is 2.06. The number of amides is 2. The molecule has 0 unspecified atom stereocenters. The van der Waals surface area contributed by atoms with E-state index in [1.165, 1.54) is 0 Å². The van der Waals surface area contributed by atoms with Gasteiger partial charge in [-0.25, -0.2) is 0 Å². The quantitative estimate of drug-likeness (QED) is 0.837. The topological polar surface area (TPSA) is 49.9 Å². The summed E-state index contributed by atoms with van der Waals surface area (Å²) in [5.74, 6) is 1.28. The van der Waals surface area contributed by atoms with Gasteiger partial charge in [-0.05, 0) is 43.0 Å². The van der Waals surface area contributed by atoms with Crippen molar-refractivity contribution in [3.63, 3.8) is 0 Å². The molecule has 2 aliphatic heterocycles. The molecule has 1 atom stereocenters. The number of likely N-dealkylation sites (N-methyl/N-ethyl adjacent to an activating group) is 1. The summed E-state index contributed by atoms with van der Waals surface area (Å²) in [7, 11) is 3.46. The zero-order valence-electron chi connectivity index (χ0n) is 14.4. The molecule has 1 saturated carbocycles. The predicted octanol–water partition coefficient (Wildman–Crippen LogP) is 2.33. The summed E-state index contributed by atoms with van der Waals surface area (Å²) in [5.41, 5.74) is 1.36. The molecule has 0 N–H and O–H groups in total. The highest BCUT2D eigenvalue weighted by molar-refractivity contribution is 6.08. The van der Waals surface area contributed by atoms with Crippen LogP contribution in [0.5, 0.6) is 5.75 Å². The van der Waals surface area contributed by atoms with Crippen LogP contribution in [-0.4, -0.2) is 44.0 Å². The number of carbonyl (C=O) groups excluding carboxylic acids is 2. The van der Waals surface area contributed by atoms with Crippen LogP contribution in [0.15, 0.2) is 18.2 Å². The molecule has 1 aliphatic carbocycles. The Morgan fingerprint density at radius 1 is 1.29 bits per heavy atom. The summed E-state index contributed by atoms with van der Waals surface area (Å²) in [6.45, 7) is 1.18. The van der Waals surface area contributed by atoms with Crippen molar-refractivity contribution in [2.45, 2.75) is 37.5 Å². The Labute approximate surface area is 142 Å². The molecular weight excluding hydrogens is 304 g/mol. The number of fused-ring (bicyclic) bond motifs is 2. The molecule has 0 bridgehead atoms. The first-order valence-corrected chi connectivity index (χ1v) is 8.82. The fourth-order valence-electron chi connectivity index (χ4n) is 4.69. The minimum Gasteiger partial charge on any atom is -0.497 e. The van der Waals surface area contributed by atoms with E-state index in [4.69, 9.17) is 4.74 Å². The standard InChI is InChI=1S/C19H24N2O3/c1-20-16-8-7-14(24-2)11-15(16)19(18(20)23)9-10-21(12-19)17(22)13-5-3-4-6-13/h7-8,11,13H,3-6,9-10,12H2,1-2H3/t19-/m0/s1. The summed E-state index contributed by atoms with van der Waals surface area (Å²) >= 11 is 0. The number of likely N-dealkylation sites (tertiary alicyclic amines) is 1. The van der Waals surface area contributed by atoms with Gasteiger partial charge in [0.2, 0.25) is 11.8 Å². The molecule has 4 rings (SSSR count). The van der Waals surface area contributed by atoms with Crippen molar-refractivity contribution >= 4 is 17.5 Å². The number of rotatable bonds is 2. The number of hydrogen-bond acceptors (Lipinski definition) is 3. The number of anilines is 1. The summed E-state index contributed by atoms with van der Waals surface area (Å²) in [5, 5.41) is 0. The smallest absolute Gasteiger partial charge is 0.239 e. The summed E-state index contributed by atoms with van der Waals surface area (Å²) in [6, 6.07) is 5.81. The number of benzene rings is 1. The summed E-state index contributed by atoms with van der Waals surface area (Å²) in [6.07, 6.45) is 5.00. The first kappa shape index (κ1) is 15.5. The molecule has 5 nitrogen and oxygen atoms in total. The van der Waals surface area contributed by atoms with Crippen LogP contribution in [-0.2, 0) is 15.0 Å². The Balaban J connectivity index is 1.66. The highest BCUT2D eigenvalue weighted by Crippen LogP contribution is 2.48. The Hall–Kier alpha value is -2.04. The van der Waals surface area contributed by atoms with E-state index in [0.29, 0.717) is 19.5 Å². The highest BCUT2D eigenvalue weighted by atomic mass is 16.5. The predicted molar refractivity (Wildman–Crippen MR) is 91.2 cm³/mol. The van der Waals surface area contributed by atoms with Gasteiger partial charge in [-0.15, -0.1) is 0 Å². The SMILES string of the molecule is COc1ccc2c(c1)[C@@]1(CCN(C(=O)C3CCCC3)C1)C(=O)N2C. The van der Waals surface area contributed by atoms with E-state index in [9.17, 15) is 9.59 Å². The third-order valence-electron chi connectivity index (χ3n) is 6.08. The van der Waals surface area contributed by atoms with Crippen LogP contribution in [0, 0.1) is 5.92 Å². The third-order valence-corrected chi connectivity index (χ3v) is 6.08. The molecule has 1 saturated heterocycles. The van der Waals surface area contributed by atoms with Crippen molar-refractivity contribution in [2.75, 3.05) is 32.1 Å². The van der Waals surface area contributed by atoms with Gasteiger partial charge in [0.15, 0.2) is 0 Å². The second-order valence-electron chi connectivity index (χ2n) is 7.32. The molecule has 5 heteroatoms. The normalized spacial score (nSPS) is 26.5. The van der Waals surface area contributed by atoms with E-state index in [1.54, 1.807) is 12.0 Å². The Kier molecular flexibility index (Phi) is 3.55. The van der Waals surface area contributed by atoms with Gasteiger partial charge in [0, 0.05) is 31.7 Å². The van der Waals surface area contributed by atoms with E-state index in [0.717, 1.165) is 42.7 Å². The number of hydrogen-bond donors (Lipinski definition) is 0. The maximum Gasteiger partial charge on any atom is 0.239 e. The van der Waals surface area contributed by atoms with Gasteiger partial charge >= 0.3 is 0 Å². The molecule has 0 radical (unpaired) electrons. The zero-order valence-corrected chi connectivity index (χ0v) is 14.4. The number of methoxy groups -OCH3 is 1. The largest absolute Gasteiger partial charge is 0.497 e. The van der Waals surface area contributed by atoms with E-state index < -0.39 is 5.41 Å².